The summed E-state index contributed by atoms with van der Waals surface area (Å²) in [4.78, 5) is 40.2. The second-order valence-corrected chi connectivity index (χ2v) is 8.19. The number of carbonyl (C=O) groups is 3. The molecule has 9 heteroatoms. The van der Waals surface area contributed by atoms with E-state index in [4.69, 9.17) is 9.47 Å². The van der Waals surface area contributed by atoms with Gasteiger partial charge in [-0.3, -0.25) is 9.69 Å². The van der Waals surface area contributed by atoms with E-state index in [1.165, 1.54) is 4.90 Å². The summed E-state index contributed by atoms with van der Waals surface area (Å²) in [5, 5.41) is 5.64. The van der Waals surface area contributed by atoms with Crippen LogP contribution in [0.25, 0.3) is 0 Å². The van der Waals surface area contributed by atoms with Gasteiger partial charge < -0.3 is 20.1 Å². The Morgan fingerprint density at radius 2 is 2.03 bits per heavy atom. The maximum absolute atomic E-state index is 12.9. The maximum Gasteiger partial charge on any atom is 0.338 e. The minimum absolute atomic E-state index is 0.0376. The Labute approximate surface area is 189 Å². The summed E-state index contributed by atoms with van der Waals surface area (Å²) < 4.78 is 10.4. The van der Waals surface area contributed by atoms with Crippen LogP contribution in [0.3, 0.4) is 0 Å². The lowest BCUT2D eigenvalue weighted by molar-refractivity contribution is -0.136. The van der Waals surface area contributed by atoms with Crippen LogP contribution in [0.5, 0.6) is 5.75 Å². The van der Waals surface area contributed by atoms with E-state index in [1.807, 2.05) is 54.8 Å². The van der Waals surface area contributed by atoms with Crippen LogP contribution >= 0.6 is 11.8 Å². The Morgan fingerprint density at radius 3 is 2.75 bits per heavy atom. The van der Waals surface area contributed by atoms with Gasteiger partial charge in [-0.1, -0.05) is 24.3 Å². The zero-order chi connectivity index (χ0) is 22.7. The number of rotatable bonds is 7. The molecule has 0 saturated carbocycles. The van der Waals surface area contributed by atoms with Crippen molar-refractivity contribution in [1.82, 2.24) is 15.5 Å². The van der Waals surface area contributed by atoms with Crippen LogP contribution in [0.1, 0.15) is 17.2 Å². The van der Waals surface area contributed by atoms with Gasteiger partial charge in [0.15, 0.2) is 0 Å². The molecule has 1 atom stereocenters. The molecule has 2 heterocycles. The number of nitrogens with zero attached hydrogens (tertiary/aromatic N) is 1. The van der Waals surface area contributed by atoms with Crippen molar-refractivity contribution in [3.8, 4) is 5.75 Å². The monoisotopic (exact) mass is 453 g/mol. The van der Waals surface area contributed by atoms with E-state index in [9.17, 15) is 14.4 Å². The molecule has 0 radical (unpaired) electrons. The topological polar surface area (TPSA) is 97.0 Å². The summed E-state index contributed by atoms with van der Waals surface area (Å²) >= 11 is 1.61. The zero-order valence-electron chi connectivity index (χ0n) is 17.7. The fourth-order valence-corrected chi connectivity index (χ4v) is 4.12. The molecule has 2 aliphatic heterocycles. The molecule has 0 bridgehead atoms. The highest BCUT2D eigenvalue weighted by molar-refractivity contribution is 7.98. The minimum Gasteiger partial charge on any atom is -0.497 e. The van der Waals surface area contributed by atoms with Crippen LogP contribution in [-0.2, 0) is 20.9 Å². The van der Waals surface area contributed by atoms with Crippen LogP contribution in [0, 0.1) is 0 Å². The summed E-state index contributed by atoms with van der Waals surface area (Å²) in [5.74, 6) is -0.141. The third-order valence-corrected chi connectivity index (χ3v) is 6.12. The smallest absolute Gasteiger partial charge is 0.338 e. The van der Waals surface area contributed by atoms with Crippen LogP contribution in [0.4, 0.5) is 4.79 Å². The van der Waals surface area contributed by atoms with Gasteiger partial charge in [-0.15, -0.1) is 11.8 Å². The Hall–Kier alpha value is -3.46. The predicted octanol–water partition coefficient (Wildman–Crippen LogP) is 2.61. The Balaban J connectivity index is 1.49. The molecular weight excluding hydrogens is 430 g/mol. The van der Waals surface area contributed by atoms with Crippen LogP contribution in [0.15, 0.2) is 64.7 Å². The number of esters is 1. The van der Waals surface area contributed by atoms with Crippen LogP contribution in [0.2, 0.25) is 0 Å². The third kappa shape index (κ3) is 4.43. The van der Waals surface area contributed by atoms with Crippen LogP contribution in [-0.4, -0.2) is 49.3 Å². The molecule has 0 aliphatic carbocycles. The van der Waals surface area contributed by atoms with Crippen molar-refractivity contribution >= 4 is 29.7 Å². The van der Waals surface area contributed by atoms with E-state index in [0.29, 0.717) is 17.0 Å². The minimum atomic E-state index is -0.612. The van der Waals surface area contributed by atoms with Gasteiger partial charge >= 0.3 is 12.0 Å². The van der Waals surface area contributed by atoms with E-state index >= 15 is 0 Å². The van der Waals surface area contributed by atoms with Crippen LogP contribution < -0.4 is 15.4 Å². The molecule has 2 aromatic carbocycles. The molecule has 0 saturated heterocycles. The van der Waals surface area contributed by atoms with Crippen molar-refractivity contribution in [2.45, 2.75) is 17.5 Å². The standard InChI is InChI=1S/C23H23N3O5S/c1-30-16-5-3-4-14(10-16)11-24-19(27)12-26-18-13-31-22(28)20(18)21(25-23(26)29)15-6-8-17(32-2)9-7-15/h3-10,21H,11-13H2,1-2H3,(H,24,27)(H,25,29)/t21-/m0/s1. The summed E-state index contributed by atoms with van der Waals surface area (Å²) in [6.07, 6.45) is 1.98. The molecule has 8 nitrogen and oxygen atoms in total. The first-order valence-corrected chi connectivity index (χ1v) is 11.2. The first-order chi connectivity index (χ1) is 15.5. The number of benzene rings is 2. The second-order valence-electron chi connectivity index (χ2n) is 7.31. The summed E-state index contributed by atoms with van der Waals surface area (Å²) in [6, 6.07) is 13.9. The molecule has 0 spiro atoms. The molecule has 2 aliphatic rings. The summed E-state index contributed by atoms with van der Waals surface area (Å²) in [6.45, 7) is 0.0325. The largest absolute Gasteiger partial charge is 0.497 e. The van der Waals surface area contributed by atoms with Crippen molar-refractivity contribution in [1.29, 1.82) is 0 Å². The average molecular weight is 454 g/mol. The summed E-state index contributed by atoms with van der Waals surface area (Å²) in [5.41, 5.74) is 2.44. The fraction of sp³-hybridized carbons (Fsp3) is 0.261. The molecule has 2 N–H and O–H groups in total. The maximum atomic E-state index is 12.9. The molecule has 166 valence electrons. The first-order valence-electron chi connectivity index (χ1n) is 10.0. The van der Waals surface area contributed by atoms with Gasteiger partial charge in [0.2, 0.25) is 5.91 Å². The highest BCUT2D eigenvalue weighted by atomic mass is 32.2. The lowest BCUT2D eigenvalue weighted by Crippen LogP contribution is -2.50. The number of nitrogens with one attached hydrogen (secondary N) is 2. The van der Waals surface area contributed by atoms with E-state index in [-0.39, 0.29) is 25.6 Å². The lowest BCUT2D eigenvalue weighted by Gasteiger charge is -2.32. The number of carbonyl (C=O) groups excluding carboxylic acids is 3. The average Bonchev–Trinajstić information content (AvgIpc) is 3.21. The Morgan fingerprint density at radius 1 is 1.25 bits per heavy atom. The van der Waals surface area contributed by atoms with Crippen molar-refractivity contribution < 1.29 is 23.9 Å². The predicted molar refractivity (Wildman–Crippen MR) is 119 cm³/mol. The highest BCUT2D eigenvalue weighted by Gasteiger charge is 2.42. The molecule has 3 amide bonds. The SMILES string of the molecule is COc1cccc(CNC(=O)CN2C(=O)N[C@@H](c3ccc(SC)cc3)C3=C2COC3=O)c1. The molecule has 0 unspecified atom stereocenters. The number of hydrogen-bond acceptors (Lipinski definition) is 6. The zero-order valence-corrected chi connectivity index (χ0v) is 18.5. The lowest BCUT2D eigenvalue weighted by atomic mass is 9.96. The van der Waals surface area contributed by atoms with E-state index in [2.05, 4.69) is 10.6 Å². The van der Waals surface area contributed by atoms with E-state index in [0.717, 1.165) is 16.0 Å². The highest BCUT2D eigenvalue weighted by Crippen LogP contribution is 2.35. The Bertz CT molecular complexity index is 1080. The second kappa shape index (κ2) is 9.35. The molecule has 4 rings (SSSR count). The number of hydrogen-bond donors (Lipinski definition) is 2. The van der Waals surface area contributed by atoms with Crippen molar-refractivity contribution in [2.24, 2.45) is 0 Å². The van der Waals surface area contributed by atoms with E-state index < -0.39 is 18.0 Å². The summed E-state index contributed by atoms with van der Waals surface area (Å²) in [7, 11) is 1.58. The van der Waals surface area contributed by atoms with Gasteiger partial charge in [-0.2, -0.15) is 0 Å². The number of cyclic esters (lactones) is 1. The van der Waals surface area contributed by atoms with Gasteiger partial charge in [0.05, 0.1) is 24.4 Å². The van der Waals surface area contributed by atoms with Crippen molar-refractivity contribution in [3.05, 3.63) is 70.9 Å². The normalized spacial score (nSPS) is 17.6. The van der Waals surface area contributed by atoms with Gasteiger partial charge in [0.1, 0.15) is 18.9 Å². The third-order valence-electron chi connectivity index (χ3n) is 5.37. The van der Waals surface area contributed by atoms with Gasteiger partial charge in [-0.25, -0.2) is 9.59 Å². The molecule has 32 heavy (non-hydrogen) atoms. The number of methoxy groups -OCH3 is 1. The number of thioether (sulfide) groups is 1. The van der Waals surface area contributed by atoms with Crippen molar-refractivity contribution in [3.63, 3.8) is 0 Å². The van der Waals surface area contributed by atoms with Gasteiger partial charge in [-0.05, 0) is 41.6 Å². The number of urea groups is 1. The molecule has 2 aromatic rings. The molecular formula is C23H23N3O5S. The Kier molecular flexibility index (Phi) is 6.36. The molecule has 0 fully saturated rings. The number of amides is 3. The van der Waals surface area contributed by atoms with E-state index in [1.54, 1.807) is 18.9 Å². The quantitative estimate of drug-likeness (QED) is 0.494. The van der Waals surface area contributed by atoms with Gasteiger partial charge in [0.25, 0.3) is 0 Å². The van der Waals surface area contributed by atoms with Gasteiger partial charge in [0, 0.05) is 11.4 Å². The molecule has 0 aromatic heterocycles. The van der Waals surface area contributed by atoms with Crippen molar-refractivity contribution in [2.75, 3.05) is 26.5 Å². The first kappa shape index (κ1) is 21.8. The number of ether oxygens (including phenoxy) is 2. The fourth-order valence-electron chi connectivity index (χ4n) is 3.71.